The van der Waals surface area contributed by atoms with Crippen LogP contribution in [0, 0.1) is 5.92 Å². The van der Waals surface area contributed by atoms with Crippen LogP contribution < -0.4 is 10.2 Å². The Morgan fingerprint density at radius 2 is 1.67 bits per heavy atom. The summed E-state index contributed by atoms with van der Waals surface area (Å²) in [5.74, 6) is 1.86. The Balaban J connectivity index is 1.06. The lowest BCUT2D eigenvalue weighted by Crippen LogP contribution is -2.46. The Morgan fingerprint density at radius 1 is 0.884 bits per heavy atom. The number of likely N-dealkylation sites (tertiary alicyclic amines) is 2. The molecule has 0 spiro atoms. The number of nitrogens with zero attached hydrogens (tertiary/aromatic N) is 7. The van der Waals surface area contributed by atoms with Gasteiger partial charge < -0.3 is 19.9 Å². The number of aromatic nitrogens is 4. The average molecular weight is 595 g/mol. The zero-order valence-corrected chi connectivity index (χ0v) is 25.0. The van der Waals surface area contributed by atoms with E-state index in [9.17, 15) is 8.78 Å². The van der Waals surface area contributed by atoms with Crippen molar-refractivity contribution in [3.63, 3.8) is 0 Å². The number of anilines is 2. The second-order valence-corrected chi connectivity index (χ2v) is 12.7. The van der Waals surface area contributed by atoms with Gasteiger partial charge in [0.15, 0.2) is 5.82 Å². The molecule has 1 aliphatic carbocycles. The molecule has 0 radical (unpaired) electrons. The van der Waals surface area contributed by atoms with Gasteiger partial charge in [-0.1, -0.05) is 12.1 Å². The van der Waals surface area contributed by atoms with Gasteiger partial charge in [-0.05, 0) is 89.1 Å². The van der Waals surface area contributed by atoms with Crippen LogP contribution in [-0.2, 0) is 4.74 Å². The van der Waals surface area contributed by atoms with Crippen molar-refractivity contribution < 1.29 is 13.5 Å². The molecule has 0 bridgehead atoms. The Kier molecular flexibility index (Phi) is 8.72. The maximum atomic E-state index is 14.2. The zero-order chi connectivity index (χ0) is 29.2. The maximum Gasteiger partial charge on any atom is 0.296 e. The van der Waals surface area contributed by atoms with Crippen molar-refractivity contribution in [1.29, 1.82) is 0 Å². The van der Waals surface area contributed by atoms with Crippen LogP contribution in [0.1, 0.15) is 63.6 Å². The van der Waals surface area contributed by atoms with Crippen LogP contribution in [0.4, 0.5) is 20.5 Å². The molecule has 3 saturated heterocycles. The normalized spacial score (nSPS) is 25.7. The summed E-state index contributed by atoms with van der Waals surface area (Å²) in [5.41, 5.74) is 1.13. The topological polar surface area (TPSA) is 74.6 Å². The fraction of sp³-hybridized carbons (Fsp3) is 0.656. The third-order valence-corrected chi connectivity index (χ3v) is 9.95. The zero-order valence-electron chi connectivity index (χ0n) is 25.0. The lowest BCUT2D eigenvalue weighted by Gasteiger charge is -2.39. The van der Waals surface area contributed by atoms with Gasteiger partial charge in [0.25, 0.3) is 6.43 Å². The molecular weight excluding hydrogens is 550 g/mol. The second-order valence-electron chi connectivity index (χ2n) is 12.7. The third-order valence-electron chi connectivity index (χ3n) is 9.95. The fourth-order valence-corrected chi connectivity index (χ4v) is 7.69. The minimum absolute atomic E-state index is 0.304. The Labute approximate surface area is 252 Å². The number of nitrogens with one attached hydrogen (secondary N) is 1. The van der Waals surface area contributed by atoms with E-state index in [1.807, 2.05) is 18.2 Å². The van der Waals surface area contributed by atoms with Crippen LogP contribution in [0.25, 0.3) is 16.9 Å². The van der Waals surface area contributed by atoms with Gasteiger partial charge in [-0.2, -0.15) is 9.97 Å². The van der Waals surface area contributed by atoms with Gasteiger partial charge in [-0.15, -0.1) is 0 Å². The van der Waals surface area contributed by atoms with Gasteiger partial charge in [-0.25, -0.2) is 13.8 Å². The number of morpholine rings is 1. The quantitative estimate of drug-likeness (QED) is 0.366. The summed E-state index contributed by atoms with van der Waals surface area (Å²) >= 11 is 0. The number of fused-ring (bicyclic) bond motifs is 1. The highest BCUT2D eigenvalue weighted by Gasteiger charge is 2.34. The highest BCUT2D eigenvalue weighted by molar-refractivity contribution is 5.78. The van der Waals surface area contributed by atoms with E-state index in [4.69, 9.17) is 14.7 Å². The molecule has 43 heavy (non-hydrogen) atoms. The number of halogens is 2. The molecule has 9 nitrogen and oxygen atoms in total. The predicted molar refractivity (Wildman–Crippen MR) is 164 cm³/mol. The lowest BCUT2D eigenvalue weighted by molar-refractivity contribution is 0.105. The van der Waals surface area contributed by atoms with Crippen molar-refractivity contribution in [3.8, 4) is 5.82 Å². The summed E-state index contributed by atoms with van der Waals surface area (Å²) in [5, 5.41) is 3.58. The molecule has 1 N–H and O–H groups in total. The first-order valence-corrected chi connectivity index (χ1v) is 16.3. The van der Waals surface area contributed by atoms with Crippen molar-refractivity contribution in [3.05, 3.63) is 36.2 Å². The second kappa shape index (κ2) is 13.0. The number of imidazole rings is 1. The van der Waals surface area contributed by atoms with Gasteiger partial charge in [0.1, 0.15) is 11.6 Å². The van der Waals surface area contributed by atoms with Crippen molar-refractivity contribution in [2.75, 3.05) is 69.2 Å². The van der Waals surface area contributed by atoms with E-state index in [1.165, 1.54) is 82.1 Å². The van der Waals surface area contributed by atoms with E-state index in [0.29, 0.717) is 66.9 Å². The highest BCUT2D eigenvalue weighted by Crippen LogP contribution is 2.34. The van der Waals surface area contributed by atoms with E-state index in [2.05, 4.69) is 25.0 Å². The first-order valence-electron chi connectivity index (χ1n) is 16.3. The van der Waals surface area contributed by atoms with Gasteiger partial charge in [-0.3, -0.25) is 9.47 Å². The summed E-state index contributed by atoms with van der Waals surface area (Å²) < 4.78 is 35.4. The van der Waals surface area contributed by atoms with Gasteiger partial charge in [0.2, 0.25) is 5.95 Å². The Bertz CT molecular complexity index is 1360. The molecule has 1 atom stereocenters. The molecule has 4 fully saturated rings. The maximum absolute atomic E-state index is 14.2. The standard InChI is InChI=1S/C32H44F2N8O/c33-30(34)31-36-26-7-1-2-8-27(26)42(31)29-20-28(37-32(38-29)40-16-18-43-19-17-40)35-21-23-9-11-24(12-10-23)41-15-5-6-25(41)22-39-13-3-4-14-39/h1-2,7-8,20,23-25,30H,3-6,9-19,21-22H2,(H,35,37,38)/t23-,24+,25-/m0/s1. The van der Waals surface area contributed by atoms with E-state index < -0.39 is 6.43 Å². The van der Waals surface area contributed by atoms with Crippen LogP contribution in [0.2, 0.25) is 0 Å². The number of hydrogen-bond acceptors (Lipinski definition) is 8. The first kappa shape index (κ1) is 28.9. The highest BCUT2D eigenvalue weighted by atomic mass is 19.3. The summed E-state index contributed by atoms with van der Waals surface area (Å²) in [7, 11) is 0. The molecule has 1 aromatic carbocycles. The summed E-state index contributed by atoms with van der Waals surface area (Å²) in [6.07, 6.45) is 7.55. The van der Waals surface area contributed by atoms with Crippen LogP contribution >= 0.6 is 0 Å². The minimum atomic E-state index is -2.73. The molecule has 1 saturated carbocycles. The Morgan fingerprint density at radius 3 is 2.47 bits per heavy atom. The van der Waals surface area contributed by atoms with E-state index in [-0.39, 0.29) is 5.82 Å². The molecule has 2 aromatic heterocycles. The minimum Gasteiger partial charge on any atom is -0.378 e. The number of alkyl halides is 2. The monoisotopic (exact) mass is 594 g/mol. The van der Waals surface area contributed by atoms with Gasteiger partial charge in [0.05, 0.1) is 24.2 Å². The molecule has 7 rings (SSSR count). The van der Waals surface area contributed by atoms with Gasteiger partial charge in [0, 0.05) is 44.3 Å². The number of para-hydroxylation sites is 2. The molecule has 0 unspecified atom stereocenters. The molecule has 11 heteroatoms. The molecule has 0 amide bonds. The SMILES string of the molecule is FC(F)c1nc2ccccc2n1-c1cc(NC[C@H]2CC[C@@H](N3CCC[C@H]3CN3CCCC3)CC2)nc(N2CCOCC2)n1. The molecule has 5 heterocycles. The van der Waals surface area contributed by atoms with Crippen molar-refractivity contribution in [1.82, 2.24) is 29.3 Å². The van der Waals surface area contributed by atoms with Crippen LogP contribution in [-0.4, -0.2) is 100 Å². The van der Waals surface area contributed by atoms with Crippen LogP contribution in [0.5, 0.6) is 0 Å². The van der Waals surface area contributed by atoms with Crippen molar-refractivity contribution >= 4 is 22.8 Å². The first-order chi connectivity index (χ1) is 21.1. The van der Waals surface area contributed by atoms with Crippen molar-refractivity contribution in [2.24, 2.45) is 5.92 Å². The predicted octanol–water partition coefficient (Wildman–Crippen LogP) is 5.12. The average Bonchev–Trinajstić information content (AvgIpc) is 3.81. The fourth-order valence-electron chi connectivity index (χ4n) is 7.69. The van der Waals surface area contributed by atoms with Crippen LogP contribution in [0.15, 0.2) is 30.3 Å². The lowest BCUT2D eigenvalue weighted by atomic mass is 9.85. The van der Waals surface area contributed by atoms with Crippen LogP contribution in [0.3, 0.4) is 0 Å². The van der Waals surface area contributed by atoms with Crippen molar-refractivity contribution in [2.45, 2.75) is 69.9 Å². The number of rotatable bonds is 9. The summed E-state index contributed by atoms with van der Waals surface area (Å²) in [4.78, 5) is 21.5. The molecule has 3 aromatic rings. The Hall–Kier alpha value is -2.89. The molecule has 232 valence electrons. The third kappa shape index (κ3) is 6.35. The summed E-state index contributed by atoms with van der Waals surface area (Å²) in [6.45, 7) is 8.38. The van der Waals surface area contributed by atoms with E-state index in [0.717, 1.165) is 12.6 Å². The number of hydrogen-bond donors (Lipinski definition) is 1. The molecular formula is C32H44F2N8O. The smallest absolute Gasteiger partial charge is 0.296 e. The molecule has 3 aliphatic heterocycles. The summed E-state index contributed by atoms with van der Waals surface area (Å²) in [6, 6.07) is 10.4. The molecule has 4 aliphatic rings. The number of ether oxygens (including phenoxy) is 1. The van der Waals surface area contributed by atoms with Gasteiger partial charge >= 0.3 is 0 Å². The van der Waals surface area contributed by atoms with E-state index >= 15 is 0 Å². The number of benzene rings is 1. The van der Waals surface area contributed by atoms with E-state index in [1.54, 1.807) is 12.1 Å². The largest absolute Gasteiger partial charge is 0.378 e.